The third-order valence-electron chi connectivity index (χ3n) is 9.62. The molecule has 0 aromatic heterocycles. The number of nitrogens with zero attached hydrogens (tertiary/aromatic N) is 1. The van der Waals surface area contributed by atoms with Crippen molar-refractivity contribution < 1.29 is 4.79 Å². The van der Waals surface area contributed by atoms with Crippen LogP contribution in [-0.2, 0) is 4.79 Å². The maximum Gasteiger partial charge on any atom is 0.237 e. The minimum atomic E-state index is -0.349. The molecule has 1 aliphatic heterocycles. The summed E-state index contributed by atoms with van der Waals surface area (Å²) in [5.41, 5.74) is 0.801. The maximum atomic E-state index is 13.5. The van der Waals surface area contributed by atoms with Gasteiger partial charge in [-0.05, 0) is 80.5 Å². The van der Waals surface area contributed by atoms with Gasteiger partial charge < -0.3 is 4.90 Å². The van der Waals surface area contributed by atoms with Crippen molar-refractivity contribution in [3.05, 3.63) is 48.6 Å². The number of likely N-dealkylation sites (tertiary alicyclic amines) is 1. The smallest absolute Gasteiger partial charge is 0.237 e. The quantitative estimate of drug-likeness (QED) is 0.404. The van der Waals surface area contributed by atoms with Crippen LogP contribution in [0.15, 0.2) is 48.6 Å². The molecule has 4 aliphatic carbocycles. The SMILES string of the molecule is C#CC(C)C(=O)N1CCCC23C4CC(C=CCCC2(C)CC1C1C=CC=CC=CC1)C43. The summed E-state index contributed by atoms with van der Waals surface area (Å²) in [6.07, 6.45) is 32.1. The van der Waals surface area contributed by atoms with E-state index in [0.717, 1.165) is 43.6 Å². The van der Waals surface area contributed by atoms with Gasteiger partial charge in [-0.1, -0.05) is 61.5 Å². The molecule has 8 unspecified atom stereocenters. The van der Waals surface area contributed by atoms with Crippen molar-refractivity contribution in [3.63, 3.8) is 0 Å². The highest BCUT2D eigenvalue weighted by atomic mass is 16.2. The van der Waals surface area contributed by atoms with E-state index in [0.29, 0.717) is 16.7 Å². The van der Waals surface area contributed by atoms with Gasteiger partial charge in [-0.15, -0.1) is 6.42 Å². The normalized spacial score (nSPS) is 44.0. The van der Waals surface area contributed by atoms with Crippen LogP contribution in [-0.4, -0.2) is 23.4 Å². The number of terminal acetylenes is 1. The van der Waals surface area contributed by atoms with Crippen LogP contribution in [0.5, 0.6) is 0 Å². The predicted octanol–water partition coefficient (Wildman–Crippen LogP) is 5.93. The van der Waals surface area contributed by atoms with Crippen molar-refractivity contribution in [2.24, 2.45) is 40.4 Å². The molecule has 1 heterocycles. The molecule has 8 atom stereocenters. The minimum absolute atomic E-state index is 0.157. The number of amides is 1. The van der Waals surface area contributed by atoms with E-state index in [4.69, 9.17) is 6.42 Å². The summed E-state index contributed by atoms with van der Waals surface area (Å²) < 4.78 is 0. The lowest BCUT2D eigenvalue weighted by atomic mass is 9.61. The molecular weight excluding hydrogens is 378 g/mol. The Morgan fingerprint density at radius 2 is 1.97 bits per heavy atom. The summed E-state index contributed by atoms with van der Waals surface area (Å²) >= 11 is 0. The first-order chi connectivity index (χ1) is 15.0. The Balaban J connectivity index is 1.53. The number of hydrogen-bond acceptors (Lipinski definition) is 1. The molecule has 2 nitrogen and oxygen atoms in total. The zero-order valence-corrected chi connectivity index (χ0v) is 19.2. The van der Waals surface area contributed by atoms with Crippen molar-refractivity contribution >= 4 is 5.91 Å². The highest BCUT2D eigenvalue weighted by molar-refractivity contribution is 5.81. The van der Waals surface area contributed by atoms with Crippen LogP contribution >= 0.6 is 0 Å². The third-order valence-corrected chi connectivity index (χ3v) is 9.62. The van der Waals surface area contributed by atoms with Gasteiger partial charge in [0.1, 0.15) is 0 Å². The molecule has 0 N–H and O–H groups in total. The summed E-state index contributed by atoms with van der Waals surface area (Å²) in [5, 5.41) is 0. The molecule has 164 valence electrons. The molecular formula is C29H37NO. The van der Waals surface area contributed by atoms with E-state index in [1.165, 1.54) is 25.7 Å². The van der Waals surface area contributed by atoms with Crippen molar-refractivity contribution in [2.75, 3.05) is 6.54 Å². The summed E-state index contributed by atoms with van der Waals surface area (Å²) in [6.45, 7) is 5.33. The lowest BCUT2D eigenvalue weighted by Gasteiger charge is -2.49. The molecule has 0 aromatic rings. The second-order valence-electron chi connectivity index (χ2n) is 11.0. The van der Waals surface area contributed by atoms with Crippen LogP contribution in [0.1, 0.15) is 58.8 Å². The lowest BCUT2D eigenvalue weighted by Crippen LogP contribution is -2.52. The van der Waals surface area contributed by atoms with Gasteiger partial charge in [-0.2, -0.15) is 0 Å². The topological polar surface area (TPSA) is 20.3 Å². The Labute approximate surface area is 188 Å². The van der Waals surface area contributed by atoms with Gasteiger partial charge in [0.25, 0.3) is 0 Å². The van der Waals surface area contributed by atoms with Gasteiger partial charge in [0.05, 0.1) is 5.92 Å². The molecule has 1 spiro atoms. The Morgan fingerprint density at radius 3 is 2.81 bits per heavy atom. The molecule has 5 rings (SSSR count). The molecule has 0 bridgehead atoms. The molecule has 0 radical (unpaired) electrons. The number of rotatable bonds is 2. The maximum absolute atomic E-state index is 13.5. The molecule has 1 amide bonds. The van der Waals surface area contributed by atoms with Crippen LogP contribution in [0, 0.1) is 52.8 Å². The average Bonchev–Trinajstić information content (AvgIpc) is 3.24. The van der Waals surface area contributed by atoms with E-state index in [9.17, 15) is 4.79 Å². The van der Waals surface area contributed by atoms with Gasteiger partial charge in [0.2, 0.25) is 5.91 Å². The second kappa shape index (κ2) is 7.84. The monoisotopic (exact) mass is 415 g/mol. The minimum Gasteiger partial charge on any atom is -0.338 e. The van der Waals surface area contributed by atoms with Crippen molar-refractivity contribution in [3.8, 4) is 12.3 Å². The Kier molecular flexibility index (Phi) is 5.28. The average molecular weight is 416 g/mol. The highest BCUT2D eigenvalue weighted by Crippen LogP contribution is 2.83. The molecule has 3 fully saturated rings. The van der Waals surface area contributed by atoms with Gasteiger partial charge >= 0.3 is 0 Å². The molecule has 5 aliphatic rings. The van der Waals surface area contributed by atoms with Crippen LogP contribution in [0.2, 0.25) is 0 Å². The van der Waals surface area contributed by atoms with E-state index < -0.39 is 0 Å². The molecule has 0 aromatic carbocycles. The Bertz CT molecular complexity index is 887. The van der Waals surface area contributed by atoms with Crippen LogP contribution in [0.25, 0.3) is 0 Å². The summed E-state index contributed by atoms with van der Waals surface area (Å²) in [5.74, 6) is 5.51. The Hall–Kier alpha value is -2.01. The van der Waals surface area contributed by atoms with Crippen molar-refractivity contribution in [2.45, 2.75) is 64.8 Å². The van der Waals surface area contributed by atoms with Gasteiger partial charge in [0, 0.05) is 18.5 Å². The standard InChI is InChI=1S/C29H37NO/c1-4-21(2)27(31)30-18-12-17-29-24-19-23(26(24)29)15-10-11-16-28(29,3)20-25(30)22-13-8-6-5-7-9-14-22/h1,5-10,13,15,21-26H,11-12,14,16-20H2,2-3H3. The summed E-state index contributed by atoms with van der Waals surface area (Å²) in [6, 6.07) is 0.222. The zero-order chi connectivity index (χ0) is 21.6. The zero-order valence-electron chi connectivity index (χ0n) is 19.2. The summed E-state index contributed by atoms with van der Waals surface area (Å²) in [7, 11) is 0. The largest absolute Gasteiger partial charge is 0.338 e. The lowest BCUT2D eigenvalue weighted by molar-refractivity contribution is -0.139. The van der Waals surface area contributed by atoms with Crippen molar-refractivity contribution in [1.29, 1.82) is 0 Å². The number of carbonyl (C=O) groups excluding carboxylic acids is 1. The van der Waals surface area contributed by atoms with E-state index in [-0.39, 0.29) is 17.9 Å². The van der Waals surface area contributed by atoms with Crippen LogP contribution < -0.4 is 0 Å². The highest BCUT2D eigenvalue weighted by Gasteiger charge is 2.78. The van der Waals surface area contributed by atoms with E-state index in [1.807, 2.05) is 6.92 Å². The molecule has 31 heavy (non-hydrogen) atoms. The fourth-order valence-electron chi connectivity index (χ4n) is 8.00. The third kappa shape index (κ3) is 3.19. The van der Waals surface area contributed by atoms with Gasteiger partial charge in [-0.25, -0.2) is 0 Å². The number of hydrogen-bond donors (Lipinski definition) is 0. The number of allylic oxidation sites excluding steroid dienone is 7. The molecule has 2 heteroatoms. The van der Waals surface area contributed by atoms with Crippen LogP contribution in [0.4, 0.5) is 0 Å². The van der Waals surface area contributed by atoms with E-state index >= 15 is 0 Å². The molecule has 1 saturated heterocycles. The summed E-state index contributed by atoms with van der Waals surface area (Å²) in [4.78, 5) is 15.7. The number of carbonyl (C=O) groups is 1. The first-order valence-electron chi connectivity index (χ1n) is 12.4. The first-order valence-corrected chi connectivity index (χ1v) is 12.4. The molecule has 2 saturated carbocycles. The van der Waals surface area contributed by atoms with Gasteiger partial charge in [0.15, 0.2) is 0 Å². The van der Waals surface area contributed by atoms with Crippen LogP contribution in [0.3, 0.4) is 0 Å². The van der Waals surface area contributed by atoms with Gasteiger partial charge in [-0.3, -0.25) is 4.79 Å². The van der Waals surface area contributed by atoms with E-state index in [2.05, 4.69) is 66.4 Å². The van der Waals surface area contributed by atoms with E-state index in [1.54, 1.807) is 0 Å². The fraction of sp³-hybridized carbons (Fsp3) is 0.621. The Morgan fingerprint density at radius 1 is 1.13 bits per heavy atom. The second-order valence-corrected chi connectivity index (χ2v) is 11.0. The van der Waals surface area contributed by atoms with Crippen molar-refractivity contribution in [1.82, 2.24) is 4.90 Å². The predicted molar refractivity (Wildman–Crippen MR) is 127 cm³/mol. The first kappa shape index (κ1) is 20.9. The fourth-order valence-corrected chi connectivity index (χ4v) is 8.00.